The molecule has 0 aromatic carbocycles. The predicted molar refractivity (Wildman–Crippen MR) is 207 cm³/mol. The number of aliphatic hydroxyl groups excluding tert-OH is 1. The highest BCUT2D eigenvalue weighted by molar-refractivity contribution is 7.14. The largest absolute Gasteiger partial charge is 0.457 e. The Morgan fingerprint density at radius 2 is 1.82 bits per heavy atom. The van der Waals surface area contributed by atoms with Crippen molar-refractivity contribution in [2.75, 3.05) is 27.3 Å². The maximum Gasteiger partial charge on any atom is 0.351 e. The van der Waals surface area contributed by atoms with Gasteiger partial charge in [-0.1, -0.05) is 25.9 Å². The number of aliphatic hydroxyl groups is 2. The molecule has 3 fully saturated rings. The van der Waals surface area contributed by atoms with E-state index in [0.29, 0.717) is 21.9 Å². The van der Waals surface area contributed by atoms with Crippen LogP contribution in [-0.4, -0.2) is 137 Å². The Kier molecular flexibility index (Phi) is 15.3. The molecule has 1 aromatic heterocycles. The number of ether oxygens (including phenoxy) is 5. The summed E-state index contributed by atoms with van der Waals surface area (Å²) in [6, 6.07) is 2.83. The van der Waals surface area contributed by atoms with Crippen LogP contribution in [0.15, 0.2) is 22.3 Å². The summed E-state index contributed by atoms with van der Waals surface area (Å²) >= 11 is 1.13. The summed E-state index contributed by atoms with van der Waals surface area (Å²) in [5.41, 5.74) is -0.942. The number of rotatable bonds is 8. The molecule has 0 saturated carbocycles. The first-order valence-electron chi connectivity index (χ1n) is 19.2. The number of nitrogens with two attached hydrogens (primary N) is 1. The van der Waals surface area contributed by atoms with Gasteiger partial charge in [-0.2, -0.15) is 0 Å². The van der Waals surface area contributed by atoms with Gasteiger partial charge in [0, 0.05) is 35.9 Å². The van der Waals surface area contributed by atoms with Crippen LogP contribution in [0.25, 0.3) is 0 Å². The quantitative estimate of drug-likeness (QED) is 0.195. The smallest absolute Gasteiger partial charge is 0.351 e. The number of esters is 1. The summed E-state index contributed by atoms with van der Waals surface area (Å²) in [6.45, 7) is 11.0. The Morgan fingerprint density at radius 3 is 2.42 bits per heavy atom. The van der Waals surface area contributed by atoms with Crippen LogP contribution >= 0.6 is 11.3 Å². The second-order valence-corrected chi connectivity index (χ2v) is 17.4. The summed E-state index contributed by atoms with van der Waals surface area (Å²) in [5.74, 6) is -5.90. The fraction of sp³-hybridized carbons (Fsp3) is 0.744. The van der Waals surface area contributed by atoms with Crippen molar-refractivity contribution in [2.45, 2.75) is 147 Å². The summed E-state index contributed by atoms with van der Waals surface area (Å²) in [5, 5.41) is 28.0. The van der Waals surface area contributed by atoms with Crippen LogP contribution in [0.2, 0.25) is 0 Å². The number of hydrogen-bond acceptors (Lipinski definition) is 15. The first kappa shape index (κ1) is 46.5. The normalized spacial score (nSPS) is 38.9. The van der Waals surface area contributed by atoms with Crippen molar-refractivity contribution in [3.05, 3.63) is 21.9 Å². The number of fused-ring (bicyclic) bond motifs is 5. The zero-order chi connectivity index (χ0) is 42.6. The van der Waals surface area contributed by atoms with E-state index in [1.54, 1.807) is 47.0 Å². The van der Waals surface area contributed by atoms with Gasteiger partial charge in [0.25, 0.3) is 11.6 Å². The van der Waals surface area contributed by atoms with Crippen molar-refractivity contribution in [1.82, 2.24) is 4.90 Å². The van der Waals surface area contributed by atoms with E-state index in [1.807, 2.05) is 11.8 Å². The number of amides is 2. The van der Waals surface area contributed by atoms with Crippen LogP contribution in [0.3, 0.4) is 0 Å². The van der Waals surface area contributed by atoms with E-state index in [1.165, 1.54) is 20.8 Å². The molecule has 4 rings (SSSR count). The maximum absolute atomic E-state index is 16.8. The van der Waals surface area contributed by atoms with Gasteiger partial charge in [-0.15, -0.1) is 11.3 Å². The average Bonchev–Trinajstić information content (AvgIpc) is 3.60. The van der Waals surface area contributed by atoms with Crippen molar-refractivity contribution in [2.24, 2.45) is 27.7 Å². The van der Waals surface area contributed by atoms with Crippen molar-refractivity contribution < 1.29 is 62.3 Å². The predicted octanol–water partition coefficient (Wildman–Crippen LogP) is 3.13. The molecule has 4 heterocycles. The number of hydrogen-bond donors (Lipinski definition) is 3. The van der Waals surface area contributed by atoms with E-state index in [0.717, 1.165) is 18.3 Å². The summed E-state index contributed by atoms with van der Waals surface area (Å²) in [7, 11) is 3.61. The van der Waals surface area contributed by atoms with Crippen LogP contribution in [0.1, 0.15) is 95.6 Å². The van der Waals surface area contributed by atoms with Crippen LogP contribution in [0.5, 0.6) is 0 Å². The van der Waals surface area contributed by atoms with E-state index in [-0.39, 0.29) is 44.8 Å². The molecule has 2 bridgehead atoms. The number of aliphatic imine (C=N–C) groups is 1. The number of oxime groups is 1. The van der Waals surface area contributed by atoms with Crippen molar-refractivity contribution >= 4 is 46.3 Å². The molecule has 3 saturated heterocycles. The van der Waals surface area contributed by atoms with E-state index < -0.39 is 95.1 Å². The fourth-order valence-corrected chi connectivity index (χ4v) is 8.57. The molecule has 4 N–H and O–H groups in total. The first-order chi connectivity index (χ1) is 26.5. The van der Waals surface area contributed by atoms with Crippen LogP contribution in [0, 0.1) is 11.8 Å². The number of alkyl halides is 1. The zero-order valence-electron chi connectivity index (χ0n) is 34.5. The number of halogens is 1. The third-order valence-electron chi connectivity index (χ3n) is 11.1. The molecule has 0 radical (unpaired) electrons. The maximum atomic E-state index is 16.8. The average molecular weight is 827 g/mol. The summed E-state index contributed by atoms with van der Waals surface area (Å²) in [6.07, 6.45) is -6.66. The lowest BCUT2D eigenvalue weighted by Gasteiger charge is -2.47. The van der Waals surface area contributed by atoms with Gasteiger partial charge in [-0.25, -0.2) is 14.2 Å². The molecule has 12 atom stereocenters. The lowest BCUT2D eigenvalue weighted by molar-refractivity contribution is -0.296. The second kappa shape index (κ2) is 18.8. The van der Waals surface area contributed by atoms with Gasteiger partial charge in [0.15, 0.2) is 18.7 Å². The topological polar surface area (TPSA) is 218 Å². The van der Waals surface area contributed by atoms with Crippen LogP contribution in [0.4, 0.5) is 4.39 Å². The number of cyclic esters (lactones) is 1. The number of primary amides is 1. The number of likely N-dealkylation sites (N-methyl/N-ethyl adjacent to an activating group) is 1. The van der Waals surface area contributed by atoms with Crippen LogP contribution in [-0.2, 0) is 49.5 Å². The van der Waals surface area contributed by atoms with Crippen molar-refractivity contribution in [1.29, 1.82) is 0 Å². The standard InChI is InChI=1S/C39H59FN4O12S/c1-11-29-39(8,50)30-15-26(42-23(5)45)20(2)16-37(6,52-18-24(17-51-30)43-53-19-25-12-13-28(57-25)34(41)48)33(22(4)32(47)38(7,40)36(49)55-29)56-35-31(46)27(44(9)10)14-21(3)54-35/h12-13,20-22,27,29-31,33,35,46,50H,11,14-19H2,1-10H3,(H2,41,48)/b42-26?,43-24-/t20-,21-,22+,27+,29+,30+,31-,33-,35+,37-,38+,39-/m1/s1. The molecule has 2 amide bonds. The Labute approximate surface area is 337 Å². The Bertz CT molecular complexity index is 1680. The molecule has 3 aliphatic heterocycles. The first-order valence-corrected chi connectivity index (χ1v) is 20.0. The Morgan fingerprint density at radius 1 is 1.14 bits per heavy atom. The molecule has 0 unspecified atom stereocenters. The van der Waals surface area contributed by atoms with E-state index >= 15 is 4.39 Å². The number of carbonyl (C=O) groups excluding carboxylic acids is 4. The van der Waals surface area contributed by atoms with Crippen molar-refractivity contribution in [3.63, 3.8) is 0 Å². The Hall–Kier alpha value is -3.23. The third kappa shape index (κ3) is 10.9. The third-order valence-corrected chi connectivity index (χ3v) is 12.2. The summed E-state index contributed by atoms with van der Waals surface area (Å²) in [4.78, 5) is 65.1. The minimum Gasteiger partial charge on any atom is -0.457 e. The highest BCUT2D eigenvalue weighted by Gasteiger charge is 2.56. The molecule has 320 valence electrons. The molecule has 1 aromatic rings. The van der Waals surface area contributed by atoms with Gasteiger partial charge < -0.3 is 49.4 Å². The lowest BCUT2D eigenvalue weighted by atomic mass is 9.75. The molecular formula is C39H59FN4O12S. The molecule has 18 heteroatoms. The number of Topliss-reactive ketones (excluding diaryl/α,β-unsaturated/α-hetero) is 1. The van der Waals surface area contributed by atoms with Gasteiger partial charge >= 0.3 is 5.97 Å². The monoisotopic (exact) mass is 826 g/mol. The number of thiophene rings is 1. The SMILES string of the molecule is CC[C@@H]1OC(=O)[C@@](C)(F)C(=O)[C@H](C)[C@@H](O[C@@H]2O[C@H](C)C[C@H](N(C)C)[C@H]2O)[C@@]2(C)C[C@@H](C)C(=NC(C)=O)C[C@H](OC/C(=N/OCc3ccc(C(N)=O)s3)CO2)[C@]1(C)O. The number of nitrogens with zero attached hydrogens (tertiary/aromatic N) is 3. The van der Waals surface area contributed by atoms with Crippen molar-refractivity contribution in [3.8, 4) is 0 Å². The Balaban J connectivity index is 1.92. The van der Waals surface area contributed by atoms with Gasteiger partial charge in [0.05, 0.1) is 42.0 Å². The molecular weight excluding hydrogens is 768 g/mol. The van der Waals surface area contributed by atoms with E-state index in [2.05, 4.69) is 10.1 Å². The zero-order valence-corrected chi connectivity index (χ0v) is 35.3. The second-order valence-electron chi connectivity index (χ2n) is 16.2. The van der Waals surface area contributed by atoms with Gasteiger partial charge in [0.2, 0.25) is 5.91 Å². The van der Waals surface area contributed by atoms with Gasteiger partial charge in [-0.3, -0.25) is 14.4 Å². The minimum absolute atomic E-state index is 0.00434. The fourth-order valence-electron chi connectivity index (χ4n) is 7.80. The van der Waals surface area contributed by atoms with Crippen LogP contribution < -0.4 is 5.73 Å². The molecule has 0 aliphatic carbocycles. The molecule has 3 aliphatic rings. The lowest BCUT2D eigenvalue weighted by Crippen LogP contribution is -2.61. The number of ketones is 1. The van der Waals surface area contributed by atoms with E-state index in [4.69, 9.17) is 34.3 Å². The molecule has 57 heavy (non-hydrogen) atoms. The van der Waals surface area contributed by atoms with Gasteiger partial charge in [0.1, 0.15) is 23.5 Å². The minimum atomic E-state index is -3.22. The highest BCUT2D eigenvalue weighted by Crippen LogP contribution is 2.40. The highest BCUT2D eigenvalue weighted by atomic mass is 32.1. The molecule has 0 spiro atoms. The van der Waals surface area contributed by atoms with E-state index in [9.17, 15) is 29.4 Å². The summed E-state index contributed by atoms with van der Waals surface area (Å²) < 4.78 is 48.1. The number of carbonyl (C=O) groups is 4. The van der Waals surface area contributed by atoms with Gasteiger partial charge in [-0.05, 0) is 79.1 Å². The molecule has 16 nitrogen and oxygen atoms in total.